The van der Waals surface area contributed by atoms with Crippen molar-refractivity contribution in [3.05, 3.63) is 385 Å². The Morgan fingerprint density at radius 1 is 0.176 bits per heavy atom. The van der Waals surface area contributed by atoms with Crippen LogP contribution in [-0.4, -0.2) is 0 Å². The Hall–Kier alpha value is -13.3. The second kappa shape index (κ2) is 29.7. The molecule has 0 amide bonds. The van der Waals surface area contributed by atoms with E-state index in [1.807, 2.05) is 90.2 Å². The minimum absolute atomic E-state index is 0.946. The van der Waals surface area contributed by atoms with Gasteiger partial charge in [0.2, 0.25) is 0 Å². The minimum Gasteiger partial charge on any atom is -0.456 e. The number of benzene rings is 16. The molecule has 22 aromatic rings. The van der Waals surface area contributed by atoms with Crippen LogP contribution in [0.15, 0.2) is 374 Å². The second-order valence-corrected chi connectivity index (χ2v) is 28.9. The molecule has 0 aliphatic carbocycles. The lowest BCUT2D eigenvalue weighted by Crippen LogP contribution is -1.80. The van der Waals surface area contributed by atoms with E-state index < -0.39 is 0 Å². The van der Waals surface area contributed by atoms with Crippen molar-refractivity contribution in [3.8, 4) is 44.5 Å². The standard InChI is InChI=1S/3C19H14O.C19H14S.2C13H10O/c1-13-6-4-7-14(12-13)15-9-5-10-17-16-8-2-3-11-18(16)20-19(15)17;1-13-5-4-6-14(11-13)15-9-10-19-17(12-15)16-7-2-3-8-18(16)20-19;1-13-9-11-14(12-10-13)15-6-4-7-17-16-5-2-3-8-18(16)20-19(15)17;1-13-6-8-14(9-7-13)15-10-11-19-17(12-15)16-4-2-3-5-18(16)20-19;1-9-5-4-7-11-10-6-2-3-8-12(10)14-13(9)11;1-9-6-7-13-11(8-9)10-4-2-3-5-12(10)14-13/h4*2-12H,1H3;2*2-8H,1H3. The van der Waals surface area contributed by atoms with Crippen LogP contribution in [-0.2, 0) is 0 Å². The number of para-hydroxylation sites is 8. The Kier molecular flexibility index (Phi) is 18.7. The third-order valence-electron chi connectivity index (χ3n) is 20.1. The van der Waals surface area contributed by atoms with Crippen LogP contribution in [0, 0.1) is 41.5 Å². The normalized spacial score (nSPS) is 11.2. The topological polar surface area (TPSA) is 65.7 Å². The summed E-state index contributed by atoms with van der Waals surface area (Å²) in [6, 6.07) is 122. The molecule has 108 heavy (non-hydrogen) atoms. The molecule has 0 aliphatic heterocycles. The number of rotatable bonds is 4. The maximum absolute atomic E-state index is 6.08. The van der Waals surface area contributed by atoms with Gasteiger partial charge in [0, 0.05) is 85.2 Å². The summed E-state index contributed by atoms with van der Waals surface area (Å²) in [6.45, 7) is 12.6. The molecule has 6 heteroatoms. The lowest BCUT2D eigenvalue weighted by atomic mass is 10.0. The molecule has 0 radical (unpaired) electrons. The zero-order chi connectivity index (χ0) is 73.2. The number of thiophene rings is 1. The molecule has 0 saturated carbocycles. The van der Waals surface area contributed by atoms with Crippen LogP contribution in [0.2, 0.25) is 0 Å². The Labute approximate surface area is 630 Å². The Morgan fingerprint density at radius 2 is 0.509 bits per heavy atom. The predicted molar refractivity (Wildman–Crippen MR) is 458 cm³/mol. The van der Waals surface area contributed by atoms with Gasteiger partial charge in [-0.25, -0.2) is 0 Å². The molecule has 0 atom stereocenters. The highest BCUT2D eigenvalue weighted by atomic mass is 32.1. The summed E-state index contributed by atoms with van der Waals surface area (Å²) < 4.78 is 32.2. The monoisotopic (exact) mass is 1410 g/mol. The van der Waals surface area contributed by atoms with Crippen molar-refractivity contribution in [1.29, 1.82) is 0 Å². The van der Waals surface area contributed by atoms with Crippen LogP contribution in [0.25, 0.3) is 174 Å². The first-order valence-electron chi connectivity index (χ1n) is 36.6. The molecule has 0 bridgehead atoms. The van der Waals surface area contributed by atoms with Crippen LogP contribution in [0.5, 0.6) is 0 Å². The fourth-order valence-electron chi connectivity index (χ4n) is 14.6. The van der Waals surface area contributed by atoms with Crippen LogP contribution in [0.3, 0.4) is 0 Å². The first-order valence-corrected chi connectivity index (χ1v) is 37.5. The Morgan fingerprint density at radius 3 is 1.06 bits per heavy atom. The van der Waals surface area contributed by atoms with Gasteiger partial charge in [0.05, 0.1) is 0 Å². The van der Waals surface area contributed by atoms with Gasteiger partial charge >= 0.3 is 0 Å². The molecule has 0 aliphatic rings. The molecule has 6 heterocycles. The van der Waals surface area contributed by atoms with Crippen molar-refractivity contribution in [2.45, 2.75) is 41.5 Å². The molecule has 0 N–H and O–H groups in total. The number of hydrogen-bond donors (Lipinski definition) is 0. The summed E-state index contributed by atoms with van der Waals surface area (Å²) in [5.74, 6) is 0. The van der Waals surface area contributed by atoms with Crippen molar-refractivity contribution in [2.75, 3.05) is 0 Å². The third-order valence-corrected chi connectivity index (χ3v) is 21.3. The van der Waals surface area contributed by atoms with E-state index in [4.69, 9.17) is 22.1 Å². The maximum Gasteiger partial charge on any atom is 0.143 e. The van der Waals surface area contributed by atoms with E-state index in [0.29, 0.717) is 0 Å². The smallest absolute Gasteiger partial charge is 0.143 e. The highest BCUT2D eigenvalue weighted by Crippen LogP contribution is 2.41. The van der Waals surface area contributed by atoms with Crippen molar-refractivity contribution < 1.29 is 22.1 Å². The van der Waals surface area contributed by atoms with E-state index >= 15 is 0 Å². The van der Waals surface area contributed by atoms with Crippen molar-refractivity contribution in [2.24, 2.45) is 0 Å². The van der Waals surface area contributed by atoms with Gasteiger partial charge in [0.25, 0.3) is 0 Å². The van der Waals surface area contributed by atoms with Gasteiger partial charge in [-0.1, -0.05) is 307 Å². The highest BCUT2D eigenvalue weighted by Gasteiger charge is 2.16. The average molecular weight is 1410 g/mol. The van der Waals surface area contributed by atoms with E-state index in [9.17, 15) is 0 Å². The molecule has 5 nitrogen and oxygen atoms in total. The van der Waals surface area contributed by atoms with Crippen molar-refractivity contribution in [3.63, 3.8) is 0 Å². The molecular formula is C102H76O5S. The first-order chi connectivity index (χ1) is 53.0. The van der Waals surface area contributed by atoms with Crippen LogP contribution in [0.1, 0.15) is 33.4 Å². The molecule has 0 spiro atoms. The summed E-state index contributed by atoms with van der Waals surface area (Å²) in [7, 11) is 0. The lowest BCUT2D eigenvalue weighted by molar-refractivity contribution is 0.665. The molecule has 6 aromatic heterocycles. The van der Waals surface area contributed by atoms with E-state index in [-0.39, 0.29) is 0 Å². The third kappa shape index (κ3) is 13.8. The lowest BCUT2D eigenvalue weighted by Gasteiger charge is -2.03. The molecule has 0 fully saturated rings. The van der Waals surface area contributed by atoms with Crippen LogP contribution >= 0.6 is 11.3 Å². The number of aryl methyl sites for hydroxylation is 6. The Balaban J connectivity index is 0.0000000955. The summed E-state index contributed by atoms with van der Waals surface area (Å²) in [5, 5.41) is 14.6. The van der Waals surface area contributed by atoms with Gasteiger partial charge in [0.15, 0.2) is 0 Å². The maximum atomic E-state index is 6.08. The van der Waals surface area contributed by atoms with Crippen LogP contribution < -0.4 is 0 Å². The summed E-state index contributed by atoms with van der Waals surface area (Å²) in [4.78, 5) is 0. The van der Waals surface area contributed by atoms with Gasteiger partial charge in [0.1, 0.15) is 55.8 Å². The molecule has 0 saturated heterocycles. The predicted octanol–water partition coefficient (Wildman–Crippen LogP) is 30.5. The van der Waals surface area contributed by atoms with E-state index in [1.165, 1.54) is 141 Å². The van der Waals surface area contributed by atoms with E-state index in [1.54, 1.807) is 0 Å². The molecule has 22 rings (SSSR count). The summed E-state index contributed by atoms with van der Waals surface area (Å²) in [6.07, 6.45) is 0. The Bertz CT molecular complexity index is 6980. The molecule has 0 unspecified atom stereocenters. The van der Waals surface area contributed by atoms with Crippen molar-refractivity contribution in [1.82, 2.24) is 0 Å². The SMILES string of the molecule is Cc1ccc(-c2ccc3sc4ccccc4c3c2)cc1.Cc1ccc(-c2cccc3c2oc2ccccc23)cc1.Cc1ccc2oc3ccccc3c2c1.Cc1cccc(-c2ccc3oc4ccccc4c3c2)c1.Cc1cccc(-c2cccc3c2oc2ccccc23)c1.Cc1cccc2c1oc1ccccc12. The minimum atomic E-state index is 0.946. The van der Waals surface area contributed by atoms with Gasteiger partial charge in [-0.15, -0.1) is 11.3 Å². The van der Waals surface area contributed by atoms with Gasteiger partial charge in [-0.05, 0) is 153 Å². The zero-order valence-corrected chi connectivity index (χ0v) is 61.8. The van der Waals surface area contributed by atoms with E-state index in [2.05, 4.69) is 315 Å². The largest absolute Gasteiger partial charge is 0.456 e. The quantitative estimate of drug-likeness (QED) is 0.176. The van der Waals surface area contributed by atoms with Gasteiger partial charge in [-0.2, -0.15) is 0 Å². The number of hydrogen-bond acceptors (Lipinski definition) is 6. The number of furan rings is 5. The van der Waals surface area contributed by atoms with Gasteiger partial charge in [-0.3, -0.25) is 0 Å². The van der Waals surface area contributed by atoms with Crippen LogP contribution in [0.4, 0.5) is 0 Å². The van der Waals surface area contributed by atoms with Gasteiger partial charge < -0.3 is 22.1 Å². The molecule has 16 aromatic carbocycles. The fourth-order valence-corrected chi connectivity index (χ4v) is 15.7. The second-order valence-electron chi connectivity index (χ2n) is 27.8. The van der Waals surface area contributed by atoms with E-state index in [0.717, 1.165) is 67.0 Å². The molecule has 520 valence electrons. The first kappa shape index (κ1) is 67.9. The van der Waals surface area contributed by atoms with Crippen molar-refractivity contribution >= 4 is 141 Å². The average Bonchev–Trinajstić information content (AvgIpc) is 1.48. The summed E-state index contributed by atoms with van der Waals surface area (Å²) >= 11 is 1.87. The summed E-state index contributed by atoms with van der Waals surface area (Å²) in [5.41, 5.74) is 27.0. The zero-order valence-electron chi connectivity index (χ0n) is 60.9. The molecular weight excluding hydrogens is 1340 g/mol. The highest BCUT2D eigenvalue weighted by molar-refractivity contribution is 7.25. The number of fused-ring (bicyclic) bond motifs is 18. The fraction of sp³-hybridized carbons (Fsp3) is 0.0588.